The van der Waals surface area contributed by atoms with E-state index in [2.05, 4.69) is 24.7 Å². The van der Waals surface area contributed by atoms with Crippen LogP contribution in [0.1, 0.15) is 0 Å². The second kappa shape index (κ2) is 6.27. The number of halogens is 1. The van der Waals surface area contributed by atoms with Crippen molar-refractivity contribution in [1.29, 1.82) is 0 Å². The molecule has 0 bridgehead atoms. The summed E-state index contributed by atoms with van der Waals surface area (Å²) in [7, 11) is -2.89. The largest absolute Gasteiger partial charge is 0.510 e. The number of aromatic nitrogens is 2. The maximum Gasteiger partial charge on any atom is 0.510 e. The Morgan fingerprint density at radius 3 is 2.67 bits per heavy atom. The lowest BCUT2D eigenvalue weighted by Crippen LogP contribution is -2.32. The van der Waals surface area contributed by atoms with E-state index in [1.807, 2.05) is 0 Å². The van der Waals surface area contributed by atoms with Gasteiger partial charge in [0.1, 0.15) is 18.1 Å². The highest BCUT2D eigenvalue weighted by molar-refractivity contribution is 6.76. The first-order valence-corrected chi connectivity index (χ1v) is 10.6. The van der Waals surface area contributed by atoms with Crippen LogP contribution in [0.5, 0.6) is 0 Å². The van der Waals surface area contributed by atoms with E-state index in [-0.39, 0.29) is 12.3 Å². The Hall–Kier alpha value is -1.22. The van der Waals surface area contributed by atoms with Gasteiger partial charge in [-0.05, 0) is 24.2 Å². The summed E-state index contributed by atoms with van der Waals surface area (Å²) in [5.74, 6) is -0.441. The maximum absolute atomic E-state index is 13.3. The monoisotopic (exact) mass is 310 g/mol. The zero-order chi connectivity index (χ0) is 15.6. The van der Waals surface area contributed by atoms with E-state index >= 15 is 0 Å². The number of nitrogens with zero attached hydrogens (tertiary/aromatic N) is 2. The second-order valence-electron chi connectivity index (χ2n) is 6.27. The van der Waals surface area contributed by atoms with Crippen LogP contribution in [-0.2, 0) is 11.5 Å². The first kappa shape index (κ1) is 16.2. The Kier molecular flexibility index (Phi) is 4.82. The van der Waals surface area contributed by atoms with Crippen LogP contribution >= 0.6 is 0 Å². The highest BCUT2D eigenvalue weighted by atomic mass is 28.3. The lowest BCUT2D eigenvalue weighted by atomic mass is 9.84. The van der Waals surface area contributed by atoms with Gasteiger partial charge in [-0.3, -0.25) is 0 Å². The average Bonchev–Trinajstić information content (AvgIpc) is 2.71. The fourth-order valence-electron chi connectivity index (χ4n) is 1.99. The predicted molar refractivity (Wildman–Crippen MR) is 83.6 cm³/mol. The minimum atomic E-state index is -1.74. The van der Waals surface area contributed by atoms with Gasteiger partial charge in [0.2, 0.25) is 0 Å². The number of benzene rings is 1. The van der Waals surface area contributed by atoms with Gasteiger partial charge in [-0.2, -0.15) is 5.10 Å². The molecule has 0 atom stereocenters. The van der Waals surface area contributed by atoms with Gasteiger partial charge in [-0.25, -0.2) is 9.07 Å². The van der Waals surface area contributed by atoms with E-state index in [9.17, 15) is 14.4 Å². The van der Waals surface area contributed by atoms with Crippen molar-refractivity contribution in [2.24, 2.45) is 0 Å². The molecule has 5 nitrogen and oxygen atoms in total. The third-order valence-corrected chi connectivity index (χ3v) is 4.90. The molecule has 0 aliphatic carbocycles. The number of hydrogen-bond acceptors (Lipinski definition) is 4. The summed E-state index contributed by atoms with van der Waals surface area (Å²) in [6.45, 7) is 7.64. The Balaban J connectivity index is 2.16. The molecule has 0 spiro atoms. The fraction of sp³-hybridized carbons (Fsp3) is 0.462. The van der Waals surface area contributed by atoms with Crippen molar-refractivity contribution in [2.45, 2.75) is 32.4 Å². The number of rotatable bonds is 6. The highest BCUT2D eigenvalue weighted by Gasteiger charge is 2.21. The summed E-state index contributed by atoms with van der Waals surface area (Å²) in [5.41, 5.74) is 0.658. The molecule has 0 amide bonds. The van der Waals surface area contributed by atoms with E-state index in [0.29, 0.717) is 17.5 Å². The molecule has 1 aromatic heterocycles. The third kappa shape index (κ3) is 4.13. The molecule has 8 heteroatoms. The molecule has 2 N–H and O–H groups in total. The van der Waals surface area contributed by atoms with Crippen LogP contribution in [0.3, 0.4) is 0 Å². The molecule has 0 unspecified atom stereocenters. The highest BCUT2D eigenvalue weighted by Crippen LogP contribution is 2.15. The zero-order valence-electron chi connectivity index (χ0n) is 12.5. The predicted octanol–water partition coefficient (Wildman–Crippen LogP) is 1.17. The van der Waals surface area contributed by atoms with E-state index in [0.717, 1.165) is 6.04 Å². The number of ether oxygens (including phenoxy) is 1. The van der Waals surface area contributed by atoms with Gasteiger partial charge in [0, 0.05) is 20.1 Å². The molecule has 0 fully saturated rings. The fourth-order valence-corrected chi connectivity index (χ4v) is 2.75. The summed E-state index contributed by atoms with van der Waals surface area (Å²) < 4.78 is 20.4. The normalized spacial score (nSPS) is 12.1. The first-order valence-electron chi connectivity index (χ1n) is 6.88. The number of fused-ring (bicyclic) bond motifs is 1. The van der Waals surface area contributed by atoms with E-state index in [1.54, 1.807) is 6.07 Å². The van der Waals surface area contributed by atoms with Crippen molar-refractivity contribution in [1.82, 2.24) is 9.78 Å². The van der Waals surface area contributed by atoms with Gasteiger partial charge in [-0.1, -0.05) is 19.6 Å². The standard InChI is InChI=1S/C13H20BFN2O3Si/c1-21(2,3)7-6-20-9-17-12-5-4-10(15)8-11(12)13(16-17)14(18)19/h4-5,8,18-19H,6-7,9H2,1-3H3. The van der Waals surface area contributed by atoms with Crippen molar-refractivity contribution >= 4 is 31.7 Å². The van der Waals surface area contributed by atoms with Crippen molar-refractivity contribution in [3.63, 3.8) is 0 Å². The molecule has 0 radical (unpaired) electrons. The van der Waals surface area contributed by atoms with Gasteiger partial charge < -0.3 is 14.8 Å². The van der Waals surface area contributed by atoms with Crippen molar-refractivity contribution < 1.29 is 19.2 Å². The van der Waals surface area contributed by atoms with Gasteiger partial charge in [0.15, 0.2) is 0 Å². The Morgan fingerprint density at radius 2 is 2.05 bits per heavy atom. The van der Waals surface area contributed by atoms with Gasteiger partial charge in [0.05, 0.1) is 5.52 Å². The smallest absolute Gasteiger partial charge is 0.422 e. The zero-order valence-corrected chi connectivity index (χ0v) is 13.5. The molecular weight excluding hydrogens is 290 g/mol. The molecule has 2 rings (SSSR count). The Labute approximate surface area is 124 Å². The van der Waals surface area contributed by atoms with Gasteiger partial charge >= 0.3 is 7.12 Å². The third-order valence-electron chi connectivity index (χ3n) is 3.20. The molecule has 114 valence electrons. The molecule has 0 saturated heterocycles. The summed E-state index contributed by atoms with van der Waals surface area (Å²) in [6.07, 6.45) is 0. The Morgan fingerprint density at radius 1 is 1.33 bits per heavy atom. The van der Waals surface area contributed by atoms with Gasteiger partial charge in [-0.15, -0.1) is 0 Å². The topological polar surface area (TPSA) is 67.5 Å². The molecule has 0 aliphatic heterocycles. The molecule has 1 heterocycles. The van der Waals surface area contributed by atoms with Crippen molar-refractivity contribution in [2.75, 3.05) is 6.61 Å². The van der Waals surface area contributed by atoms with E-state index in [4.69, 9.17) is 4.74 Å². The van der Waals surface area contributed by atoms with Crippen LogP contribution in [0, 0.1) is 5.82 Å². The summed E-state index contributed by atoms with van der Waals surface area (Å²) in [6, 6.07) is 5.16. The summed E-state index contributed by atoms with van der Waals surface area (Å²) in [5, 5.41) is 23.1. The number of hydrogen-bond donors (Lipinski definition) is 2. The summed E-state index contributed by atoms with van der Waals surface area (Å²) >= 11 is 0. The van der Waals surface area contributed by atoms with E-state index in [1.165, 1.54) is 16.8 Å². The molecular formula is C13H20BFN2O3Si. The molecule has 0 aliphatic rings. The molecule has 2 aromatic rings. The first-order chi connectivity index (χ1) is 9.78. The minimum Gasteiger partial charge on any atom is -0.422 e. The summed E-state index contributed by atoms with van der Waals surface area (Å²) in [4.78, 5) is 0. The SMILES string of the molecule is C[Si](C)(C)CCOCn1nc(B(O)O)c2cc(F)ccc21. The lowest BCUT2D eigenvalue weighted by Gasteiger charge is -2.15. The average molecular weight is 310 g/mol. The Bertz CT molecular complexity index is 628. The molecule has 0 saturated carbocycles. The van der Waals surface area contributed by atoms with E-state index < -0.39 is 21.0 Å². The molecule has 1 aromatic carbocycles. The van der Waals surface area contributed by atoms with Crippen LogP contribution in [0.4, 0.5) is 4.39 Å². The second-order valence-corrected chi connectivity index (χ2v) is 11.9. The van der Waals surface area contributed by atoms with Crippen LogP contribution in [0.15, 0.2) is 18.2 Å². The van der Waals surface area contributed by atoms with Crippen molar-refractivity contribution in [3.8, 4) is 0 Å². The van der Waals surface area contributed by atoms with Crippen LogP contribution in [-0.4, -0.2) is 41.6 Å². The minimum absolute atomic E-state index is 0.0401. The maximum atomic E-state index is 13.3. The quantitative estimate of drug-likeness (QED) is 0.621. The van der Waals surface area contributed by atoms with Crippen LogP contribution < -0.4 is 5.59 Å². The molecule has 21 heavy (non-hydrogen) atoms. The van der Waals surface area contributed by atoms with Crippen LogP contribution in [0.25, 0.3) is 10.9 Å². The lowest BCUT2D eigenvalue weighted by molar-refractivity contribution is 0.0819. The van der Waals surface area contributed by atoms with Crippen molar-refractivity contribution in [3.05, 3.63) is 24.0 Å². The van der Waals surface area contributed by atoms with Gasteiger partial charge in [0.25, 0.3) is 0 Å². The van der Waals surface area contributed by atoms with Crippen LogP contribution in [0.2, 0.25) is 25.7 Å².